The van der Waals surface area contributed by atoms with Crippen LogP contribution in [-0.4, -0.2) is 12.2 Å². The van der Waals surface area contributed by atoms with Crippen molar-refractivity contribution in [2.24, 2.45) is 0 Å². The molecule has 0 atom stereocenters. The van der Waals surface area contributed by atoms with Gasteiger partial charge in [-0.05, 0) is 0 Å². The first kappa shape index (κ1) is 30.6. The van der Waals surface area contributed by atoms with Gasteiger partial charge in [-0.25, -0.2) is 20.4 Å². The van der Waals surface area contributed by atoms with Gasteiger partial charge in [-0.3, -0.25) is 0 Å². The van der Waals surface area contributed by atoms with Gasteiger partial charge in [0.05, 0.1) is 0 Å². The zero-order valence-corrected chi connectivity index (χ0v) is 16.7. The average molecular weight is 343 g/mol. The molecule has 4 heteroatoms. The number of carbonyl (C=O) groups excluding carboxylic acids is 2. The number of isocyanates is 2. The van der Waals surface area contributed by atoms with Crippen LogP contribution in [0.5, 0.6) is 0 Å². The maximum Gasteiger partial charge on any atom is 0.231 e. The van der Waals surface area contributed by atoms with E-state index in [1.165, 1.54) is 89.9 Å². The van der Waals surface area contributed by atoms with Crippen LogP contribution in [0.2, 0.25) is 0 Å². The van der Waals surface area contributed by atoms with E-state index in [1.807, 2.05) is 0 Å². The highest BCUT2D eigenvalue weighted by Crippen LogP contribution is 2.07. The lowest BCUT2D eigenvalue weighted by Gasteiger charge is -1.97. The fourth-order valence-corrected chi connectivity index (χ4v) is 2.06. The summed E-state index contributed by atoms with van der Waals surface area (Å²) in [5, 5.41) is 10.8. The first-order valence-electron chi connectivity index (χ1n) is 9.74. The molecule has 0 fully saturated rings. The Labute approximate surface area is 150 Å². The van der Waals surface area contributed by atoms with Crippen LogP contribution in [0, 0.1) is 10.8 Å². The number of nitrogens with one attached hydrogen (secondary N) is 2. The lowest BCUT2D eigenvalue weighted by atomic mass is 10.1. The molecule has 0 spiro atoms. The van der Waals surface area contributed by atoms with E-state index in [0.29, 0.717) is 0 Å². The summed E-state index contributed by atoms with van der Waals surface area (Å²) in [6.45, 7) is 9.05. The molecular weight excluding hydrogens is 300 g/mol. The minimum Gasteiger partial charge on any atom is -0.222 e. The molecule has 0 aromatic rings. The summed E-state index contributed by atoms with van der Waals surface area (Å²) < 4.78 is 0. The van der Waals surface area contributed by atoms with Crippen molar-refractivity contribution in [3.05, 3.63) is 0 Å². The highest BCUT2D eigenvalue weighted by atomic mass is 16.1. The fraction of sp³-hybridized carbons (Fsp3) is 0.900. The summed E-state index contributed by atoms with van der Waals surface area (Å²) in [4.78, 5) is 16.7. The highest BCUT2D eigenvalue weighted by molar-refractivity contribution is 5.26. The van der Waals surface area contributed by atoms with E-state index in [1.54, 1.807) is 0 Å². The summed E-state index contributed by atoms with van der Waals surface area (Å²) in [6.07, 6.45) is 21.4. The third-order valence-corrected chi connectivity index (χ3v) is 3.41. The predicted molar refractivity (Wildman–Crippen MR) is 104 cm³/mol. The van der Waals surface area contributed by atoms with Gasteiger partial charge < -0.3 is 0 Å². The zero-order chi connectivity index (χ0) is 19.3. The van der Waals surface area contributed by atoms with Crippen molar-refractivity contribution in [1.82, 2.24) is 0 Å². The third kappa shape index (κ3) is 70.0. The summed E-state index contributed by atoms with van der Waals surface area (Å²) in [6, 6.07) is 0. The Morgan fingerprint density at radius 1 is 0.458 bits per heavy atom. The molecule has 0 amide bonds. The zero-order valence-electron chi connectivity index (χ0n) is 16.7. The standard InChI is InChI=1S/C10H22.C8H18.2CHNO/c1-3-5-7-9-10-8-6-4-2;1-3-5-7-8-6-4-2;2*2-1-3/h3-10H2,1-2H3;3-8H2,1-2H3;2*2H. The van der Waals surface area contributed by atoms with E-state index >= 15 is 0 Å². The fourth-order valence-electron chi connectivity index (χ4n) is 2.06. The number of rotatable bonds is 12. The third-order valence-electron chi connectivity index (χ3n) is 3.41. The first-order valence-corrected chi connectivity index (χ1v) is 9.74. The molecule has 0 saturated heterocycles. The number of hydrogen-bond acceptors (Lipinski definition) is 4. The van der Waals surface area contributed by atoms with E-state index < -0.39 is 0 Å². The lowest BCUT2D eigenvalue weighted by Crippen LogP contribution is -1.77. The van der Waals surface area contributed by atoms with Crippen LogP contribution in [0.1, 0.15) is 118 Å². The smallest absolute Gasteiger partial charge is 0.222 e. The molecule has 0 saturated carbocycles. The van der Waals surface area contributed by atoms with Crippen molar-refractivity contribution >= 4 is 12.2 Å². The van der Waals surface area contributed by atoms with Gasteiger partial charge in [0, 0.05) is 0 Å². The number of unbranched alkanes of at least 4 members (excludes halogenated alkanes) is 12. The van der Waals surface area contributed by atoms with Gasteiger partial charge in [0.1, 0.15) is 0 Å². The largest absolute Gasteiger partial charge is 0.231 e. The monoisotopic (exact) mass is 342 g/mol. The summed E-state index contributed by atoms with van der Waals surface area (Å²) >= 11 is 0. The lowest BCUT2D eigenvalue weighted by molar-refractivity contribution is 0.562. The highest BCUT2D eigenvalue weighted by Gasteiger charge is 1.87. The number of hydrogen-bond donors (Lipinski definition) is 2. The van der Waals surface area contributed by atoms with Crippen LogP contribution >= 0.6 is 0 Å². The van der Waals surface area contributed by atoms with Gasteiger partial charge in [0.15, 0.2) is 0 Å². The first-order chi connectivity index (χ1) is 11.7. The van der Waals surface area contributed by atoms with Crippen LogP contribution in [-0.2, 0) is 9.59 Å². The molecule has 0 aromatic carbocycles. The molecule has 24 heavy (non-hydrogen) atoms. The Bertz CT molecular complexity index is 218. The van der Waals surface area contributed by atoms with Gasteiger partial charge in [-0.15, -0.1) is 0 Å². The van der Waals surface area contributed by atoms with E-state index in [4.69, 9.17) is 20.4 Å². The molecule has 0 unspecified atom stereocenters. The normalized spacial score (nSPS) is 8.17. The van der Waals surface area contributed by atoms with Gasteiger partial charge >= 0.3 is 0 Å². The van der Waals surface area contributed by atoms with E-state index in [0.717, 1.165) is 12.2 Å². The van der Waals surface area contributed by atoms with Gasteiger partial charge in [0.25, 0.3) is 0 Å². The summed E-state index contributed by atoms with van der Waals surface area (Å²) in [7, 11) is 0. The van der Waals surface area contributed by atoms with Crippen molar-refractivity contribution in [3.8, 4) is 0 Å². The molecule has 0 aliphatic heterocycles. The van der Waals surface area contributed by atoms with E-state index in [2.05, 4.69) is 27.7 Å². The summed E-state index contributed by atoms with van der Waals surface area (Å²) in [5.41, 5.74) is 0. The quantitative estimate of drug-likeness (QED) is 0.221. The second-order valence-electron chi connectivity index (χ2n) is 5.74. The molecule has 0 bridgehead atoms. The van der Waals surface area contributed by atoms with Crippen LogP contribution in [0.25, 0.3) is 0 Å². The van der Waals surface area contributed by atoms with Crippen LogP contribution < -0.4 is 0 Å². The molecule has 0 aromatic heterocycles. The molecule has 0 radical (unpaired) electrons. The molecule has 2 N–H and O–H groups in total. The molecular formula is C20H42N2O2. The molecule has 0 aliphatic rings. The average Bonchev–Trinajstić information content (AvgIpc) is 2.57. The topological polar surface area (TPSA) is 81.8 Å². The van der Waals surface area contributed by atoms with Gasteiger partial charge in [-0.2, -0.15) is 0 Å². The van der Waals surface area contributed by atoms with E-state index in [-0.39, 0.29) is 0 Å². The Kier molecular flexibility index (Phi) is 54.9. The Hall–Kier alpha value is -1.24. The Balaban J connectivity index is -0.000000127. The molecule has 0 heterocycles. The van der Waals surface area contributed by atoms with Crippen molar-refractivity contribution < 1.29 is 9.59 Å². The van der Waals surface area contributed by atoms with Gasteiger partial charge in [-0.1, -0.05) is 118 Å². The molecule has 144 valence electrons. The predicted octanol–water partition coefficient (Wildman–Crippen LogP) is 7.32. The van der Waals surface area contributed by atoms with Crippen molar-refractivity contribution in [2.45, 2.75) is 118 Å². The maximum absolute atomic E-state index is 8.35. The second-order valence-corrected chi connectivity index (χ2v) is 5.74. The minimum atomic E-state index is 0.750. The minimum absolute atomic E-state index is 0.750. The van der Waals surface area contributed by atoms with Crippen molar-refractivity contribution in [3.63, 3.8) is 0 Å². The van der Waals surface area contributed by atoms with E-state index in [9.17, 15) is 0 Å². The van der Waals surface area contributed by atoms with Crippen molar-refractivity contribution in [1.29, 1.82) is 10.8 Å². The SMILES string of the molecule is CCCCCCCC.CCCCCCCCCC.N=C=O.N=C=O. The molecule has 0 rings (SSSR count). The van der Waals surface area contributed by atoms with Gasteiger partial charge in [0.2, 0.25) is 12.2 Å². The Morgan fingerprint density at radius 3 is 0.708 bits per heavy atom. The second kappa shape index (κ2) is 43.0. The van der Waals surface area contributed by atoms with Crippen molar-refractivity contribution in [2.75, 3.05) is 0 Å². The summed E-state index contributed by atoms with van der Waals surface area (Å²) in [5.74, 6) is 0. The molecule has 0 aliphatic carbocycles. The maximum atomic E-state index is 8.35. The van der Waals surface area contributed by atoms with Crippen LogP contribution in [0.4, 0.5) is 0 Å². The Morgan fingerprint density at radius 2 is 0.583 bits per heavy atom. The van der Waals surface area contributed by atoms with Crippen LogP contribution in [0.15, 0.2) is 0 Å². The molecule has 4 nitrogen and oxygen atoms in total. The van der Waals surface area contributed by atoms with Crippen LogP contribution in [0.3, 0.4) is 0 Å².